The maximum absolute atomic E-state index is 11.7. The molecule has 0 aliphatic carbocycles. The molecule has 1 N–H and O–H groups in total. The molecule has 1 saturated heterocycles. The zero-order chi connectivity index (χ0) is 16.3. The maximum atomic E-state index is 11.7. The molecule has 1 aromatic rings. The van der Waals surface area contributed by atoms with Gasteiger partial charge in [-0.25, -0.2) is 4.79 Å². The van der Waals surface area contributed by atoms with Gasteiger partial charge in [-0.2, -0.15) is 5.10 Å². The summed E-state index contributed by atoms with van der Waals surface area (Å²) in [5.41, 5.74) is 0.0827. The highest BCUT2D eigenvalue weighted by Gasteiger charge is 2.25. The molecule has 0 atom stereocenters. The average Bonchev–Trinajstić information content (AvgIpc) is 2.83. The Morgan fingerprint density at radius 1 is 1.41 bits per heavy atom. The van der Waals surface area contributed by atoms with E-state index in [1.165, 1.54) is 11.1 Å². The van der Waals surface area contributed by atoms with Gasteiger partial charge >= 0.3 is 12.0 Å². The molecule has 1 aliphatic rings. The summed E-state index contributed by atoms with van der Waals surface area (Å²) >= 11 is 0. The molecule has 2 heterocycles. The molecule has 1 aliphatic heterocycles. The van der Waals surface area contributed by atoms with Crippen LogP contribution in [0.15, 0.2) is 12.4 Å². The van der Waals surface area contributed by atoms with E-state index in [9.17, 15) is 14.4 Å². The lowest BCUT2D eigenvalue weighted by molar-refractivity contribution is -0.155. The van der Waals surface area contributed by atoms with E-state index >= 15 is 0 Å². The number of anilines is 1. The first-order chi connectivity index (χ1) is 10.2. The first-order valence-corrected chi connectivity index (χ1v) is 7.10. The molecular weight excluding hydrogens is 288 g/mol. The third kappa shape index (κ3) is 4.31. The fourth-order valence-corrected chi connectivity index (χ4v) is 2.02. The highest BCUT2D eigenvalue weighted by atomic mass is 16.6. The van der Waals surface area contributed by atoms with Crippen LogP contribution in [0.5, 0.6) is 0 Å². The van der Waals surface area contributed by atoms with Crippen LogP contribution >= 0.6 is 0 Å². The third-order valence-electron chi connectivity index (χ3n) is 2.95. The van der Waals surface area contributed by atoms with Crippen molar-refractivity contribution in [2.75, 3.05) is 11.4 Å². The standard InChI is InChI=1S/C14H20N4O4/c1-14(2,3)22-12(20)5-6-17-9-10(8-15-17)18-7-4-11(19)16-13(18)21/h8-9H,4-7H2,1-3H3,(H,16,19,21). The Morgan fingerprint density at radius 2 is 2.14 bits per heavy atom. The van der Waals surface area contributed by atoms with E-state index in [0.29, 0.717) is 18.8 Å². The first-order valence-electron chi connectivity index (χ1n) is 7.10. The second-order valence-electron chi connectivity index (χ2n) is 6.05. The molecule has 0 radical (unpaired) electrons. The molecule has 8 nitrogen and oxygen atoms in total. The van der Waals surface area contributed by atoms with E-state index in [4.69, 9.17) is 4.74 Å². The van der Waals surface area contributed by atoms with Crippen LogP contribution in [0, 0.1) is 0 Å². The molecule has 1 aromatic heterocycles. The highest BCUT2D eigenvalue weighted by molar-refractivity contribution is 6.05. The zero-order valence-corrected chi connectivity index (χ0v) is 13.0. The summed E-state index contributed by atoms with van der Waals surface area (Å²) < 4.78 is 6.79. The van der Waals surface area contributed by atoms with Crippen molar-refractivity contribution in [3.63, 3.8) is 0 Å². The number of aromatic nitrogens is 2. The number of amides is 3. The second-order valence-corrected chi connectivity index (χ2v) is 6.05. The molecule has 22 heavy (non-hydrogen) atoms. The number of hydrogen-bond donors (Lipinski definition) is 1. The van der Waals surface area contributed by atoms with Gasteiger partial charge in [-0.15, -0.1) is 0 Å². The Balaban J connectivity index is 1.90. The minimum absolute atomic E-state index is 0.197. The molecule has 3 amide bonds. The molecule has 0 saturated carbocycles. The van der Waals surface area contributed by atoms with Gasteiger partial charge in [-0.1, -0.05) is 0 Å². The smallest absolute Gasteiger partial charge is 0.328 e. The number of hydrogen-bond acceptors (Lipinski definition) is 5. The minimum atomic E-state index is -0.509. The van der Waals surface area contributed by atoms with Gasteiger partial charge in [0.15, 0.2) is 0 Å². The second kappa shape index (κ2) is 6.17. The molecule has 2 rings (SSSR count). The van der Waals surface area contributed by atoms with E-state index in [1.54, 1.807) is 10.9 Å². The van der Waals surface area contributed by atoms with Gasteiger partial charge in [0.1, 0.15) is 5.60 Å². The van der Waals surface area contributed by atoms with Crippen LogP contribution in [0.4, 0.5) is 10.5 Å². The Bertz CT molecular complexity index is 588. The van der Waals surface area contributed by atoms with Crippen molar-refractivity contribution < 1.29 is 19.1 Å². The largest absolute Gasteiger partial charge is 0.460 e. The monoisotopic (exact) mass is 308 g/mol. The van der Waals surface area contributed by atoms with Gasteiger partial charge in [-0.3, -0.25) is 24.5 Å². The van der Waals surface area contributed by atoms with Crippen LogP contribution in [0.1, 0.15) is 33.6 Å². The molecule has 0 unspecified atom stereocenters. The lowest BCUT2D eigenvalue weighted by Gasteiger charge is -2.24. The lowest BCUT2D eigenvalue weighted by atomic mass is 10.2. The Hall–Kier alpha value is -2.38. The first kappa shape index (κ1) is 16.0. The predicted octanol–water partition coefficient (Wildman–Crippen LogP) is 1.06. The molecule has 0 spiro atoms. The SMILES string of the molecule is CC(C)(C)OC(=O)CCn1cc(N2CCC(=O)NC2=O)cn1. The quantitative estimate of drug-likeness (QED) is 0.839. The normalized spacial score (nSPS) is 15.7. The summed E-state index contributed by atoms with van der Waals surface area (Å²) in [7, 11) is 0. The predicted molar refractivity (Wildman–Crippen MR) is 78.2 cm³/mol. The van der Waals surface area contributed by atoms with Crippen LogP contribution in [-0.2, 0) is 20.9 Å². The lowest BCUT2D eigenvalue weighted by Crippen LogP contribution is -2.49. The molecule has 8 heteroatoms. The molecule has 1 fully saturated rings. The number of carbonyl (C=O) groups excluding carboxylic acids is 3. The number of carbonyl (C=O) groups is 3. The van der Waals surface area contributed by atoms with Crippen molar-refractivity contribution in [1.82, 2.24) is 15.1 Å². The zero-order valence-electron chi connectivity index (χ0n) is 13.0. The van der Waals surface area contributed by atoms with Gasteiger partial charge in [0.25, 0.3) is 0 Å². The number of nitrogens with one attached hydrogen (secondary N) is 1. The molecule has 120 valence electrons. The molecule has 0 aromatic carbocycles. The fourth-order valence-electron chi connectivity index (χ4n) is 2.02. The minimum Gasteiger partial charge on any atom is -0.460 e. The Morgan fingerprint density at radius 3 is 2.77 bits per heavy atom. The van der Waals surface area contributed by atoms with Gasteiger partial charge in [0.2, 0.25) is 5.91 Å². The van der Waals surface area contributed by atoms with Gasteiger partial charge in [0, 0.05) is 19.2 Å². The van der Waals surface area contributed by atoms with E-state index in [1.807, 2.05) is 20.8 Å². The van der Waals surface area contributed by atoms with Crippen molar-refractivity contribution >= 4 is 23.6 Å². The topological polar surface area (TPSA) is 93.5 Å². The van der Waals surface area contributed by atoms with Gasteiger partial charge < -0.3 is 4.74 Å². The van der Waals surface area contributed by atoms with Crippen molar-refractivity contribution in [3.05, 3.63) is 12.4 Å². The summed E-state index contributed by atoms with van der Waals surface area (Å²) in [4.78, 5) is 35.9. The van der Waals surface area contributed by atoms with Crippen LogP contribution in [0.2, 0.25) is 0 Å². The fraction of sp³-hybridized carbons (Fsp3) is 0.571. The van der Waals surface area contributed by atoms with Crippen LogP contribution < -0.4 is 10.2 Å². The Labute approximate surface area is 128 Å². The van der Waals surface area contributed by atoms with E-state index < -0.39 is 11.6 Å². The third-order valence-corrected chi connectivity index (χ3v) is 2.95. The van der Waals surface area contributed by atoms with Crippen LogP contribution in [0.25, 0.3) is 0 Å². The highest BCUT2D eigenvalue weighted by Crippen LogP contribution is 2.16. The van der Waals surface area contributed by atoms with Crippen LogP contribution in [-0.4, -0.2) is 39.8 Å². The summed E-state index contributed by atoms with van der Waals surface area (Å²) in [5, 5.41) is 6.37. The van der Waals surface area contributed by atoms with Crippen molar-refractivity contribution in [3.8, 4) is 0 Å². The summed E-state index contributed by atoms with van der Waals surface area (Å²) in [6.07, 6.45) is 3.65. The number of aryl methyl sites for hydroxylation is 1. The number of ether oxygens (including phenoxy) is 1. The summed E-state index contributed by atoms with van der Waals surface area (Å²) in [6, 6.07) is -0.456. The average molecular weight is 308 g/mol. The number of rotatable bonds is 4. The van der Waals surface area contributed by atoms with Crippen molar-refractivity contribution in [2.45, 2.75) is 45.8 Å². The van der Waals surface area contributed by atoms with E-state index in [-0.39, 0.29) is 24.7 Å². The number of imide groups is 1. The molecular formula is C14H20N4O4. The summed E-state index contributed by atoms with van der Waals surface area (Å²) in [6.45, 7) is 6.12. The van der Waals surface area contributed by atoms with Crippen molar-refractivity contribution in [2.24, 2.45) is 0 Å². The number of urea groups is 1. The van der Waals surface area contributed by atoms with E-state index in [0.717, 1.165) is 0 Å². The van der Waals surface area contributed by atoms with E-state index in [2.05, 4.69) is 10.4 Å². The number of nitrogens with zero attached hydrogens (tertiary/aromatic N) is 3. The number of esters is 1. The summed E-state index contributed by atoms with van der Waals surface area (Å²) in [5.74, 6) is -0.579. The van der Waals surface area contributed by atoms with Gasteiger partial charge in [0.05, 0.1) is 24.8 Å². The Kier molecular flexibility index (Phi) is 4.48. The molecule has 0 bridgehead atoms. The maximum Gasteiger partial charge on any atom is 0.328 e. The van der Waals surface area contributed by atoms with Gasteiger partial charge in [-0.05, 0) is 20.8 Å². The van der Waals surface area contributed by atoms with Crippen LogP contribution in [0.3, 0.4) is 0 Å². The van der Waals surface area contributed by atoms with Crippen molar-refractivity contribution in [1.29, 1.82) is 0 Å².